The van der Waals surface area contributed by atoms with Gasteiger partial charge in [-0.05, 0) is 25.1 Å². The maximum atomic E-state index is 12.8. The molecule has 0 saturated heterocycles. The van der Waals surface area contributed by atoms with E-state index in [0.29, 0.717) is 22.6 Å². The molecule has 10 heteroatoms. The van der Waals surface area contributed by atoms with Crippen LogP contribution in [0.25, 0.3) is 0 Å². The van der Waals surface area contributed by atoms with E-state index in [2.05, 4.69) is 15.5 Å². The molecule has 27 heavy (non-hydrogen) atoms. The number of ether oxygens (including phenoxy) is 2. The van der Waals surface area contributed by atoms with E-state index < -0.39 is 11.1 Å². The van der Waals surface area contributed by atoms with Crippen molar-refractivity contribution in [2.75, 3.05) is 25.7 Å². The van der Waals surface area contributed by atoms with Gasteiger partial charge in [0.1, 0.15) is 11.2 Å². The highest BCUT2D eigenvalue weighted by atomic mass is 32.1. The minimum Gasteiger partial charge on any atom is -0.454 e. The molecule has 1 unspecified atom stereocenters. The molecule has 0 aliphatic carbocycles. The smallest absolute Gasteiger partial charge is 0.280 e. The number of hydrogen-bond donors (Lipinski definition) is 2. The van der Waals surface area contributed by atoms with Crippen LogP contribution in [0.5, 0.6) is 11.5 Å². The Morgan fingerprint density at radius 3 is 2.85 bits per heavy atom. The highest BCUT2D eigenvalue weighted by Crippen LogP contribution is 2.44. The average Bonchev–Trinajstić information content (AvgIpc) is 3.23. The summed E-state index contributed by atoms with van der Waals surface area (Å²) in [6.45, 7) is 1.73. The molecule has 140 valence electrons. The van der Waals surface area contributed by atoms with Crippen molar-refractivity contribution in [2.24, 2.45) is 0 Å². The van der Waals surface area contributed by atoms with Crippen molar-refractivity contribution in [3.05, 3.63) is 43.8 Å². The van der Waals surface area contributed by atoms with Gasteiger partial charge in [0, 0.05) is 18.0 Å². The Morgan fingerprint density at radius 2 is 2.07 bits per heavy atom. The first-order valence-electron chi connectivity index (χ1n) is 8.49. The molecule has 0 bridgehead atoms. The number of carbonyl (C=O) groups is 1. The Bertz CT molecular complexity index is 988. The molecule has 9 nitrogen and oxygen atoms in total. The molecule has 0 radical (unpaired) electrons. The van der Waals surface area contributed by atoms with Crippen molar-refractivity contribution in [3.8, 4) is 11.5 Å². The lowest BCUT2D eigenvalue weighted by Gasteiger charge is -2.27. The summed E-state index contributed by atoms with van der Waals surface area (Å²) in [5.74, 6) is 0.565. The first kappa shape index (κ1) is 16.3. The van der Waals surface area contributed by atoms with Gasteiger partial charge in [0.2, 0.25) is 6.79 Å². The summed E-state index contributed by atoms with van der Waals surface area (Å²) in [6.07, 6.45) is 0.111. The van der Waals surface area contributed by atoms with Crippen LogP contribution in [0.1, 0.15) is 32.5 Å². The van der Waals surface area contributed by atoms with Crippen LogP contribution in [0.4, 0.5) is 10.7 Å². The van der Waals surface area contributed by atoms with E-state index in [1.165, 1.54) is 6.07 Å². The van der Waals surface area contributed by atoms with Gasteiger partial charge in [0.25, 0.3) is 11.6 Å². The second-order valence-corrected chi connectivity index (χ2v) is 7.87. The first-order valence-corrected chi connectivity index (χ1v) is 9.31. The molecule has 0 spiro atoms. The predicted octanol–water partition coefficient (Wildman–Crippen LogP) is 2.23. The number of likely N-dealkylation sites (N-methyl/N-ethyl adjacent to an activating group) is 1. The lowest BCUT2D eigenvalue weighted by Crippen LogP contribution is -2.39. The molecule has 1 aromatic carbocycles. The molecule has 5 rings (SSSR count). The lowest BCUT2D eigenvalue weighted by molar-refractivity contribution is -0.385. The molecule has 3 aliphatic rings. The van der Waals surface area contributed by atoms with Crippen molar-refractivity contribution in [1.82, 2.24) is 10.2 Å². The molecule has 2 aromatic rings. The fraction of sp³-hybridized carbons (Fsp3) is 0.353. The molecule has 3 aliphatic heterocycles. The maximum absolute atomic E-state index is 12.8. The van der Waals surface area contributed by atoms with Crippen LogP contribution in [-0.4, -0.2) is 36.1 Å². The summed E-state index contributed by atoms with van der Waals surface area (Å²) in [4.78, 5) is 27.3. The highest BCUT2D eigenvalue weighted by molar-refractivity contribution is 7.16. The van der Waals surface area contributed by atoms with Gasteiger partial charge in [-0.1, -0.05) is 0 Å². The fourth-order valence-electron chi connectivity index (χ4n) is 3.74. The van der Waals surface area contributed by atoms with Crippen molar-refractivity contribution >= 4 is 27.9 Å². The Kier molecular flexibility index (Phi) is 3.52. The predicted molar refractivity (Wildman–Crippen MR) is 97.4 cm³/mol. The van der Waals surface area contributed by atoms with E-state index in [1.54, 1.807) is 17.4 Å². The number of nitro groups is 1. The number of nitrogens with zero attached hydrogens (tertiary/aromatic N) is 2. The van der Waals surface area contributed by atoms with Crippen LogP contribution in [0, 0.1) is 10.1 Å². The largest absolute Gasteiger partial charge is 0.454 e. The van der Waals surface area contributed by atoms with Gasteiger partial charge in [0.05, 0.1) is 22.1 Å². The van der Waals surface area contributed by atoms with E-state index in [0.717, 1.165) is 35.0 Å². The van der Waals surface area contributed by atoms with Gasteiger partial charge < -0.3 is 25.0 Å². The van der Waals surface area contributed by atoms with Crippen LogP contribution < -0.4 is 20.1 Å². The second kappa shape index (κ2) is 5.83. The second-order valence-electron chi connectivity index (χ2n) is 6.77. The highest BCUT2D eigenvalue weighted by Gasteiger charge is 2.36. The third-order valence-electron chi connectivity index (χ3n) is 5.06. The summed E-state index contributed by atoms with van der Waals surface area (Å²) in [6, 6.07) is 2.90. The number of rotatable bonds is 2. The van der Waals surface area contributed by atoms with Crippen LogP contribution in [0.3, 0.4) is 0 Å². The Labute approximate surface area is 158 Å². The van der Waals surface area contributed by atoms with Gasteiger partial charge in [-0.3, -0.25) is 14.9 Å². The summed E-state index contributed by atoms with van der Waals surface area (Å²) in [7, 11) is 2.05. The average molecular weight is 388 g/mol. The molecular weight excluding hydrogens is 372 g/mol. The molecule has 4 heterocycles. The SMILES string of the molecule is CN1CCc2c(sc3c2C(=O)NC(c2cc4c(cc2[N+](=O)[O-])OCO4)N3)C1. The number of nitrogens with one attached hydrogen (secondary N) is 2. The van der Waals surface area contributed by atoms with Gasteiger partial charge in [-0.15, -0.1) is 11.3 Å². The minimum absolute atomic E-state index is 0.0235. The Morgan fingerprint density at radius 1 is 1.30 bits per heavy atom. The zero-order valence-corrected chi connectivity index (χ0v) is 15.2. The van der Waals surface area contributed by atoms with E-state index in [4.69, 9.17) is 9.47 Å². The topological polar surface area (TPSA) is 106 Å². The summed E-state index contributed by atoms with van der Waals surface area (Å²) in [5.41, 5.74) is 1.97. The summed E-state index contributed by atoms with van der Waals surface area (Å²) >= 11 is 1.54. The van der Waals surface area contributed by atoms with E-state index in [1.807, 2.05) is 7.05 Å². The van der Waals surface area contributed by atoms with Crippen molar-refractivity contribution < 1.29 is 19.2 Å². The molecular formula is C17H16N4O5S. The molecule has 0 fully saturated rings. The van der Waals surface area contributed by atoms with E-state index in [9.17, 15) is 14.9 Å². The Balaban J connectivity index is 1.56. The van der Waals surface area contributed by atoms with Crippen molar-refractivity contribution in [3.63, 3.8) is 0 Å². The minimum atomic E-state index is -0.710. The van der Waals surface area contributed by atoms with E-state index >= 15 is 0 Å². The number of anilines is 1. The van der Waals surface area contributed by atoms with Crippen LogP contribution >= 0.6 is 11.3 Å². The third-order valence-corrected chi connectivity index (χ3v) is 6.20. The maximum Gasteiger partial charge on any atom is 0.280 e. The number of benzene rings is 1. The third kappa shape index (κ3) is 2.52. The van der Waals surface area contributed by atoms with Gasteiger partial charge in [-0.25, -0.2) is 0 Å². The zero-order chi connectivity index (χ0) is 18.7. The molecule has 1 aromatic heterocycles. The number of thiophene rings is 1. The molecule has 2 N–H and O–H groups in total. The Hall–Kier alpha value is -2.85. The van der Waals surface area contributed by atoms with Gasteiger partial charge in [0.15, 0.2) is 11.5 Å². The van der Waals surface area contributed by atoms with Gasteiger partial charge in [-0.2, -0.15) is 0 Å². The monoisotopic (exact) mass is 388 g/mol. The molecule has 1 atom stereocenters. The van der Waals surface area contributed by atoms with Crippen LogP contribution in [-0.2, 0) is 13.0 Å². The molecule has 0 saturated carbocycles. The van der Waals surface area contributed by atoms with Crippen LogP contribution in [0.2, 0.25) is 0 Å². The van der Waals surface area contributed by atoms with Crippen LogP contribution in [0.15, 0.2) is 12.1 Å². The normalized spacial score (nSPS) is 20.5. The molecule has 1 amide bonds. The summed E-state index contributed by atoms with van der Waals surface area (Å²) < 4.78 is 10.6. The van der Waals surface area contributed by atoms with E-state index in [-0.39, 0.29) is 18.4 Å². The number of amides is 1. The number of carbonyl (C=O) groups excluding carboxylic acids is 1. The van der Waals surface area contributed by atoms with Crippen molar-refractivity contribution in [1.29, 1.82) is 0 Å². The lowest BCUT2D eigenvalue weighted by atomic mass is 10.00. The number of hydrogen-bond acceptors (Lipinski definition) is 8. The van der Waals surface area contributed by atoms with Crippen molar-refractivity contribution in [2.45, 2.75) is 19.1 Å². The standard InChI is InChI=1S/C17H16N4O5S/c1-20-3-2-8-13(6-20)27-17-14(8)16(22)18-15(19-17)9-4-11-12(26-7-25-11)5-10(9)21(23)24/h4-5,15,19H,2-3,6-7H2,1H3,(H,18,22). The zero-order valence-electron chi connectivity index (χ0n) is 14.4. The fourth-order valence-corrected chi connectivity index (χ4v) is 5.09. The van der Waals surface area contributed by atoms with Gasteiger partial charge >= 0.3 is 0 Å². The number of fused-ring (bicyclic) bond motifs is 4. The first-order chi connectivity index (χ1) is 13.0. The quantitative estimate of drug-likeness (QED) is 0.600. The number of nitro benzene ring substituents is 1. The summed E-state index contributed by atoms with van der Waals surface area (Å²) in [5, 5.41) is 18.4.